The first-order valence-corrected chi connectivity index (χ1v) is 33.9. The lowest BCUT2D eigenvalue weighted by Crippen LogP contribution is -2.47. The van der Waals surface area contributed by atoms with Crippen molar-refractivity contribution < 1.29 is 30.8 Å². The normalized spacial score (nSPS) is 22.9. The number of aromatic nitrogens is 2. The van der Waals surface area contributed by atoms with E-state index in [2.05, 4.69) is 117 Å². The number of benzene rings is 3. The van der Waals surface area contributed by atoms with E-state index in [0.717, 1.165) is 139 Å². The molecule has 12 nitrogen and oxygen atoms in total. The number of halogens is 2. The molecule has 0 bridgehead atoms. The average molecular weight is 1220 g/mol. The van der Waals surface area contributed by atoms with E-state index in [0.29, 0.717) is 35.2 Å². The van der Waals surface area contributed by atoms with Gasteiger partial charge in [0.2, 0.25) is 11.8 Å². The predicted octanol–water partition coefficient (Wildman–Crippen LogP) is 14.8. The van der Waals surface area contributed by atoms with Gasteiger partial charge in [-0.1, -0.05) is 98.7 Å². The Morgan fingerprint density at radius 1 is 0.591 bits per heavy atom. The third kappa shape index (κ3) is 16.7. The topological polar surface area (TPSA) is 115 Å². The van der Waals surface area contributed by atoms with Crippen LogP contribution in [0.15, 0.2) is 73.2 Å². The minimum absolute atomic E-state index is 0. The van der Waals surface area contributed by atoms with Crippen molar-refractivity contribution in [1.82, 2.24) is 39.8 Å². The number of carbonyl (C=O) groups excluding carboxylic acids is 3. The zero-order chi connectivity index (χ0) is 63.2. The highest BCUT2D eigenvalue weighted by Gasteiger charge is 2.46. The number of hydrogen-bond acceptors (Lipinski definition) is 8. The molecule has 0 unspecified atom stereocenters. The molecule has 14 heteroatoms. The van der Waals surface area contributed by atoms with Crippen LogP contribution in [0.1, 0.15) is 243 Å². The maximum atomic E-state index is 14.3. The lowest BCUT2D eigenvalue weighted by Gasteiger charge is -2.48. The van der Waals surface area contributed by atoms with E-state index in [9.17, 15) is 23.2 Å². The van der Waals surface area contributed by atoms with Crippen molar-refractivity contribution in [2.75, 3.05) is 79.2 Å². The lowest BCUT2D eigenvalue weighted by atomic mass is 9.63. The predicted molar refractivity (Wildman–Crippen MR) is 354 cm³/mol. The standard InChI is InChI=1S/C26H39FN2O2.C25H36N4O.C23H35FN2O.2H2/c1-25(2,3)10-13-29-14-11-26(12-15-29)9-6-23(21-5-4-20(27)18-22(21)26)28-24(30)19-7-16-31-17-8-19;1-24(2,3)11-14-29-15-12-25(13-16-29)10-9-21(19-7-5-6-8-20(19)25)27-23(30)22-17-26-18-28(22)4;1-17(27)25(5)21-8-9-23(20-16-18(24)6-7-19(20)21)11-14-26(15-12-23)13-10-22(2,3)4;;/h4-5,18-19,23H,6-17H2,1-3H3,(H,28,30);5-8,17-18,21H,9-16H2,1-4H3,(H,27,30);6-7,16,21H,8-15H2,1-5H3;2*1H/t23-;2*21-;;/m100../s1. The van der Waals surface area contributed by atoms with Crippen LogP contribution in [0.3, 0.4) is 0 Å². The number of hydrogen-bond donors (Lipinski definition) is 2. The van der Waals surface area contributed by atoms with Crippen LogP contribution in [0.5, 0.6) is 0 Å². The monoisotopic (exact) mass is 1220 g/mol. The van der Waals surface area contributed by atoms with Crippen LogP contribution in [0, 0.1) is 33.8 Å². The quantitative estimate of drug-likeness (QED) is 0.153. The van der Waals surface area contributed by atoms with Gasteiger partial charge in [-0.3, -0.25) is 14.4 Å². The molecule has 11 rings (SSSR count). The van der Waals surface area contributed by atoms with E-state index in [1.807, 2.05) is 31.1 Å². The summed E-state index contributed by atoms with van der Waals surface area (Å²) in [5.74, 6) is -0.110. The maximum Gasteiger partial charge on any atom is 0.270 e. The number of rotatable bonds is 11. The molecule has 2 N–H and O–H groups in total. The zero-order valence-electron chi connectivity index (χ0n) is 56.1. The van der Waals surface area contributed by atoms with Gasteiger partial charge in [0, 0.05) is 43.0 Å². The van der Waals surface area contributed by atoms with E-state index in [1.54, 1.807) is 48.3 Å². The molecule has 7 aliphatic rings. The van der Waals surface area contributed by atoms with Crippen molar-refractivity contribution in [1.29, 1.82) is 0 Å². The Balaban J connectivity index is 0.000000190. The molecule has 3 spiro atoms. The van der Waals surface area contributed by atoms with E-state index in [4.69, 9.17) is 4.74 Å². The summed E-state index contributed by atoms with van der Waals surface area (Å²) >= 11 is 0. The second-order valence-electron chi connectivity index (χ2n) is 31.5. The van der Waals surface area contributed by atoms with Gasteiger partial charge in [-0.05, 0) is 258 Å². The molecule has 4 aliphatic heterocycles. The molecule has 3 aromatic carbocycles. The first-order chi connectivity index (χ1) is 41.6. The summed E-state index contributed by atoms with van der Waals surface area (Å²) in [6, 6.07) is 19.4. The third-order valence-electron chi connectivity index (χ3n) is 21.7. The van der Waals surface area contributed by atoms with Gasteiger partial charge in [-0.2, -0.15) is 0 Å². The number of ether oxygens (including phenoxy) is 1. The number of amides is 3. The highest BCUT2D eigenvalue weighted by atomic mass is 19.1. The second kappa shape index (κ2) is 28.2. The van der Waals surface area contributed by atoms with E-state index < -0.39 is 0 Å². The van der Waals surface area contributed by atoms with Crippen LogP contribution in [0.4, 0.5) is 8.78 Å². The fourth-order valence-electron chi connectivity index (χ4n) is 15.6. The fourth-order valence-corrected chi connectivity index (χ4v) is 15.6. The molecule has 3 amide bonds. The molecule has 488 valence electrons. The van der Waals surface area contributed by atoms with Crippen molar-refractivity contribution in [2.45, 2.75) is 213 Å². The summed E-state index contributed by atoms with van der Waals surface area (Å²) in [5, 5.41) is 6.58. The molecule has 5 heterocycles. The van der Waals surface area contributed by atoms with Crippen LogP contribution >= 0.6 is 0 Å². The second-order valence-corrected chi connectivity index (χ2v) is 31.5. The minimum atomic E-state index is -0.162. The Hall–Kier alpha value is -5.02. The Bertz CT molecular complexity index is 2990. The van der Waals surface area contributed by atoms with Gasteiger partial charge in [0.05, 0.1) is 30.6 Å². The third-order valence-corrected chi connectivity index (χ3v) is 21.7. The highest BCUT2D eigenvalue weighted by Crippen LogP contribution is 2.52. The lowest BCUT2D eigenvalue weighted by molar-refractivity contribution is -0.130. The summed E-state index contributed by atoms with van der Waals surface area (Å²) in [7, 11) is 3.73. The number of fused-ring (bicyclic) bond motifs is 6. The molecule has 88 heavy (non-hydrogen) atoms. The number of nitrogens with zero attached hydrogens (tertiary/aromatic N) is 6. The first kappa shape index (κ1) is 67.4. The van der Waals surface area contributed by atoms with Gasteiger partial charge in [0.15, 0.2) is 0 Å². The van der Waals surface area contributed by atoms with Gasteiger partial charge in [0.1, 0.15) is 17.3 Å². The number of nitrogens with one attached hydrogen (secondary N) is 2. The Morgan fingerprint density at radius 2 is 1.02 bits per heavy atom. The first-order valence-electron chi connectivity index (χ1n) is 33.9. The summed E-state index contributed by atoms with van der Waals surface area (Å²) in [6.07, 6.45) is 21.4. The van der Waals surface area contributed by atoms with Crippen molar-refractivity contribution in [3.8, 4) is 0 Å². The SMILES string of the molecule is CC(=O)N(C)[C@H]1CCC2(CCN(CCC(C)(C)C)CC2)c2cc(F)ccc21.CC(C)(C)CCN1CCC2(CC[C@@H](NC(=O)C3CCOCC3)c3ccc(F)cc32)CC1.Cn1cncc1C(=O)N[C@H]1CCC2(CCN(CCC(C)(C)C)CC2)c2ccccc21.[HH].[HH]. The number of piperidine rings is 3. The molecule has 0 radical (unpaired) electrons. The van der Waals surface area contributed by atoms with Crippen molar-refractivity contribution in [3.63, 3.8) is 0 Å². The molecular weight excluding hydrogens is 1100 g/mol. The Morgan fingerprint density at radius 3 is 1.49 bits per heavy atom. The Labute approximate surface area is 531 Å². The number of likely N-dealkylation sites (tertiary alicyclic amines) is 3. The van der Waals surface area contributed by atoms with Gasteiger partial charge >= 0.3 is 0 Å². The summed E-state index contributed by atoms with van der Waals surface area (Å²) in [4.78, 5) is 51.3. The van der Waals surface area contributed by atoms with Crippen LogP contribution in [-0.2, 0) is 37.6 Å². The van der Waals surface area contributed by atoms with Crippen molar-refractivity contribution in [2.24, 2.45) is 29.2 Å². The summed E-state index contributed by atoms with van der Waals surface area (Å²) in [5.41, 5.74) is 9.47. The van der Waals surface area contributed by atoms with Crippen LogP contribution in [0.25, 0.3) is 0 Å². The van der Waals surface area contributed by atoms with Crippen molar-refractivity contribution in [3.05, 3.63) is 124 Å². The molecule has 3 atom stereocenters. The summed E-state index contributed by atoms with van der Waals surface area (Å²) in [6.45, 7) is 33.9. The van der Waals surface area contributed by atoms with E-state index >= 15 is 0 Å². The molecule has 4 aromatic rings. The fraction of sp³-hybridized carbons (Fsp3) is 0.676. The van der Waals surface area contributed by atoms with Gasteiger partial charge in [-0.15, -0.1) is 0 Å². The van der Waals surface area contributed by atoms with Crippen molar-refractivity contribution >= 4 is 17.7 Å². The number of aryl methyl sites for hydroxylation is 1. The average Bonchev–Trinajstić information content (AvgIpc) is 1.67. The molecule has 4 saturated heterocycles. The van der Waals surface area contributed by atoms with Gasteiger partial charge in [-0.25, -0.2) is 13.8 Å². The summed E-state index contributed by atoms with van der Waals surface area (Å²) < 4.78 is 35.7. The number of imidazole rings is 1. The molecule has 4 fully saturated rings. The minimum Gasteiger partial charge on any atom is -0.381 e. The van der Waals surface area contributed by atoms with Crippen LogP contribution in [-0.4, -0.2) is 126 Å². The number of carbonyl (C=O) groups is 3. The highest BCUT2D eigenvalue weighted by molar-refractivity contribution is 5.92. The van der Waals surface area contributed by atoms with Crippen LogP contribution < -0.4 is 10.6 Å². The smallest absolute Gasteiger partial charge is 0.270 e. The zero-order valence-corrected chi connectivity index (χ0v) is 56.1. The molecule has 1 aromatic heterocycles. The molecule has 0 saturated carbocycles. The van der Waals surface area contributed by atoms with E-state index in [1.165, 1.54) is 62.9 Å². The maximum absolute atomic E-state index is 14.3. The van der Waals surface area contributed by atoms with Gasteiger partial charge < -0.3 is 39.5 Å². The molecule has 3 aliphatic carbocycles. The molecular formula is C74H114F2N8O4. The van der Waals surface area contributed by atoms with Gasteiger partial charge in [0.25, 0.3) is 5.91 Å². The van der Waals surface area contributed by atoms with E-state index in [-0.39, 0.29) is 72.5 Å². The van der Waals surface area contributed by atoms with Crippen LogP contribution in [0.2, 0.25) is 0 Å². The largest absolute Gasteiger partial charge is 0.381 e. The Kier molecular flexibility index (Phi) is 21.6.